The van der Waals surface area contributed by atoms with Crippen molar-refractivity contribution in [2.75, 3.05) is 21.3 Å². The summed E-state index contributed by atoms with van der Waals surface area (Å²) in [5, 5.41) is 3.99. The van der Waals surface area contributed by atoms with Gasteiger partial charge in [0, 0.05) is 12.0 Å². The molecule has 134 valence electrons. The molecule has 0 bridgehead atoms. The number of ether oxygens (including phenoxy) is 3. The lowest BCUT2D eigenvalue weighted by molar-refractivity contribution is -0.121. The first kappa shape index (κ1) is 19.8. The summed E-state index contributed by atoms with van der Waals surface area (Å²) in [6, 6.07) is 3.53. The minimum absolute atomic E-state index is 0.0739. The van der Waals surface area contributed by atoms with Crippen molar-refractivity contribution in [2.45, 2.75) is 45.4 Å². The summed E-state index contributed by atoms with van der Waals surface area (Å²) in [6.07, 6.45) is 7.63. The second kappa shape index (κ2) is 11.3. The molecule has 0 radical (unpaired) electrons. The van der Waals surface area contributed by atoms with Gasteiger partial charge in [0.15, 0.2) is 11.5 Å². The second-order valence-electron chi connectivity index (χ2n) is 5.42. The molecule has 24 heavy (non-hydrogen) atoms. The van der Waals surface area contributed by atoms with Crippen LogP contribution in [-0.2, 0) is 4.79 Å². The number of amides is 1. The van der Waals surface area contributed by atoms with Gasteiger partial charge in [-0.3, -0.25) is 4.79 Å². The molecule has 0 aliphatic rings. The number of benzene rings is 1. The number of methoxy groups -OCH3 is 3. The van der Waals surface area contributed by atoms with Crippen LogP contribution in [0.3, 0.4) is 0 Å². The molecule has 1 rings (SSSR count). The number of nitrogens with zero attached hydrogens (tertiary/aromatic N) is 1. The highest BCUT2D eigenvalue weighted by Gasteiger charge is 2.12. The Hall–Kier alpha value is -2.24. The molecule has 0 saturated heterocycles. The highest BCUT2D eigenvalue weighted by atomic mass is 16.5. The number of nitrogens with one attached hydrogen (secondary N) is 1. The predicted molar refractivity (Wildman–Crippen MR) is 95.2 cm³/mol. The van der Waals surface area contributed by atoms with E-state index >= 15 is 0 Å². The van der Waals surface area contributed by atoms with Crippen LogP contribution in [0.1, 0.15) is 51.0 Å². The van der Waals surface area contributed by atoms with E-state index in [0.717, 1.165) is 18.4 Å². The van der Waals surface area contributed by atoms with Crippen molar-refractivity contribution in [3.63, 3.8) is 0 Å². The van der Waals surface area contributed by atoms with Crippen molar-refractivity contribution >= 4 is 12.1 Å². The Labute approximate surface area is 144 Å². The van der Waals surface area contributed by atoms with E-state index in [1.54, 1.807) is 39.7 Å². The van der Waals surface area contributed by atoms with Crippen LogP contribution in [-0.4, -0.2) is 33.5 Å². The van der Waals surface area contributed by atoms with Crippen molar-refractivity contribution in [2.24, 2.45) is 5.10 Å². The van der Waals surface area contributed by atoms with Crippen molar-refractivity contribution in [3.8, 4) is 17.2 Å². The number of hydrogen-bond acceptors (Lipinski definition) is 5. The van der Waals surface area contributed by atoms with Gasteiger partial charge in [0.1, 0.15) is 0 Å². The largest absolute Gasteiger partial charge is 0.493 e. The Morgan fingerprint density at radius 1 is 1.04 bits per heavy atom. The molecule has 0 spiro atoms. The van der Waals surface area contributed by atoms with Gasteiger partial charge in [-0.1, -0.05) is 32.6 Å². The third-order valence-electron chi connectivity index (χ3n) is 3.60. The Morgan fingerprint density at radius 2 is 1.67 bits per heavy atom. The van der Waals surface area contributed by atoms with Crippen molar-refractivity contribution < 1.29 is 19.0 Å². The summed E-state index contributed by atoms with van der Waals surface area (Å²) in [5.74, 6) is 1.53. The molecule has 0 unspecified atom stereocenters. The van der Waals surface area contributed by atoms with Gasteiger partial charge in [-0.2, -0.15) is 5.10 Å². The smallest absolute Gasteiger partial charge is 0.240 e. The Kier molecular flexibility index (Phi) is 9.34. The minimum Gasteiger partial charge on any atom is -0.493 e. The fraction of sp³-hybridized carbons (Fsp3) is 0.556. The zero-order valence-electron chi connectivity index (χ0n) is 15.1. The maximum atomic E-state index is 11.7. The molecule has 0 aliphatic heterocycles. The lowest BCUT2D eigenvalue weighted by Crippen LogP contribution is -2.16. The summed E-state index contributed by atoms with van der Waals surface area (Å²) in [4.78, 5) is 11.7. The number of hydrogen-bond donors (Lipinski definition) is 1. The van der Waals surface area contributed by atoms with Gasteiger partial charge in [-0.15, -0.1) is 0 Å². The first-order valence-corrected chi connectivity index (χ1v) is 8.28. The first-order chi connectivity index (χ1) is 11.7. The summed E-state index contributed by atoms with van der Waals surface area (Å²) < 4.78 is 15.8. The fourth-order valence-corrected chi connectivity index (χ4v) is 2.30. The van der Waals surface area contributed by atoms with Gasteiger partial charge in [0.2, 0.25) is 11.7 Å². The quantitative estimate of drug-likeness (QED) is 0.381. The maximum Gasteiger partial charge on any atom is 0.240 e. The Balaban J connectivity index is 2.56. The highest BCUT2D eigenvalue weighted by Crippen LogP contribution is 2.37. The van der Waals surface area contributed by atoms with E-state index < -0.39 is 0 Å². The molecule has 0 aromatic heterocycles. The highest BCUT2D eigenvalue weighted by molar-refractivity contribution is 5.84. The standard InChI is InChI=1S/C18H28N2O4/c1-5-6-7-8-9-10-17(21)20-19-13-14-11-15(22-2)18(24-4)16(12-14)23-3/h11-13H,5-10H2,1-4H3,(H,20,21). The van der Waals surface area contributed by atoms with E-state index in [1.165, 1.54) is 19.3 Å². The van der Waals surface area contributed by atoms with Crippen LogP contribution in [0.25, 0.3) is 0 Å². The van der Waals surface area contributed by atoms with Crippen molar-refractivity contribution in [1.82, 2.24) is 5.43 Å². The molecule has 1 amide bonds. The van der Waals surface area contributed by atoms with E-state index in [9.17, 15) is 4.79 Å². The van der Waals surface area contributed by atoms with Gasteiger partial charge in [-0.25, -0.2) is 5.43 Å². The molecular weight excluding hydrogens is 308 g/mol. The summed E-state index contributed by atoms with van der Waals surface area (Å²) in [6.45, 7) is 2.17. The predicted octanol–water partition coefficient (Wildman–Crippen LogP) is 3.52. The van der Waals surface area contributed by atoms with Gasteiger partial charge in [0.25, 0.3) is 0 Å². The summed E-state index contributed by atoms with van der Waals surface area (Å²) >= 11 is 0. The topological polar surface area (TPSA) is 69.2 Å². The SMILES string of the molecule is CCCCCCCC(=O)NN=Cc1cc(OC)c(OC)c(OC)c1. The van der Waals surface area contributed by atoms with Gasteiger partial charge >= 0.3 is 0 Å². The molecule has 6 heteroatoms. The zero-order valence-corrected chi connectivity index (χ0v) is 15.1. The number of carbonyl (C=O) groups excluding carboxylic acids is 1. The van der Waals surface area contributed by atoms with Crippen molar-refractivity contribution in [3.05, 3.63) is 17.7 Å². The van der Waals surface area contributed by atoms with E-state index in [4.69, 9.17) is 14.2 Å². The van der Waals surface area contributed by atoms with Crippen LogP contribution in [0.15, 0.2) is 17.2 Å². The third kappa shape index (κ3) is 6.48. The lowest BCUT2D eigenvalue weighted by Gasteiger charge is -2.12. The fourth-order valence-electron chi connectivity index (χ4n) is 2.30. The van der Waals surface area contributed by atoms with Gasteiger partial charge in [0.05, 0.1) is 27.5 Å². The molecule has 0 fully saturated rings. The molecule has 0 saturated carbocycles. The average Bonchev–Trinajstić information content (AvgIpc) is 2.60. The van der Waals surface area contributed by atoms with E-state index in [-0.39, 0.29) is 5.91 Å². The Bertz CT molecular complexity index is 519. The molecule has 0 heterocycles. The molecule has 1 aromatic rings. The molecule has 0 atom stereocenters. The summed E-state index contributed by atoms with van der Waals surface area (Å²) in [5.41, 5.74) is 3.29. The molecule has 1 N–H and O–H groups in total. The van der Waals surface area contributed by atoms with Gasteiger partial charge < -0.3 is 14.2 Å². The lowest BCUT2D eigenvalue weighted by atomic mass is 10.1. The monoisotopic (exact) mass is 336 g/mol. The van der Waals surface area contributed by atoms with E-state index in [1.807, 2.05) is 0 Å². The molecular formula is C18H28N2O4. The van der Waals surface area contributed by atoms with Crippen LogP contribution in [0.4, 0.5) is 0 Å². The molecule has 6 nitrogen and oxygen atoms in total. The first-order valence-electron chi connectivity index (χ1n) is 8.28. The minimum atomic E-state index is -0.0739. The van der Waals surface area contributed by atoms with Crippen LogP contribution in [0, 0.1) is 0 Å². The molecule has 1 aromatic carbocycles. The van der Waals surface area contributed by atoms with E-state index in [2.05, 4.69) is 17.5 Å². The van der Waals surface area contributed by atoms with Crippen molar-refractivity contribution in [1.29, 1.82) is 0 Å². The third-order valence-corrected chi connectivity index (χ3v) is 3.60. The summed E-state index contributed by atoms with van der Waals surface area (Å²) in [7, 11) is 4.66. The number of carbonyl (C=O) groups is 1. The van der Waals surface area contributed by atoms with Crippen LogP contribution in [0.5, 0.6) is 17.2 Å². The number of rotatable bonds is 11. The van der Waals surface area contributed by atoms with E-state index in [0.29, 0.717) is 23.7 Å². The van der Waals surface area contributed by atoms with Crippen LogP contribution < -0.4 is 19.6 Å². The maximum absolute atomic E-state index is 11.7. The average molecular weight is 336 g/mol. The number of hydrazone groups is 1. The Morgan fingerprint density at radius 3 is 2.21 bits per heavy atom. The number of unbranched alkanes of at least 4 members (excludes halogenated alkanes) is 4. The zero-order chi connectivity index (χ0) is 17.8. The normalized spacial score (nSPS) is 10.7. The van der Waals surface area contributed by atoms with Gasteiger partial charge in [-0.05, 0) is 18.6 Å². The van der Waals surface area contributed by atoms with Crippen LogP contribution >= 0.6 is 0 Å². The molecule has 0 aliphatic carbocycles. The van der Waals surface area contributed by atoms with Crippen LogP contribution in [0.2, 0.25) is 0 Å². The second-order valence-corrected chi connectivity index (χ2v) is 5.42.